The summed E-state index contributed by atoms with van der Waals surface area (Å²) in [5, 5.41) is 6.26. The molecule has 0 saturated heterocycles. The van der Waals surface area contributed by atoms with Gasteiger partial charge in [-0.15, -0.1) is 0 Å². The van der Waals surface area contributed by atoms with Crippen molar-refractivity contribution in [2.24, 2.45) is 11.8 Å². The van der Waals surface area contributed by atoms with Gasteiger partial charge < -0.3 is 15.4 Å². The second kappa shape index (κ2) is 7.38. The number of nitrogens with one attached hydrogen (secondary N) is 2. The van der Waals surface area contributed by atoms with Crippen molar-refractivity contribution in [2.45, 2.75) is 20.3 Å². The van der Waals surface area contributed by atoms with E-state index in [2.05, 4.69) is 10.6 Å². The van der Waals surface area contributed by atoms with Gasteiger partial charge in [0.2, 0.25) is 11.8 Å². The van der Waals surface area contributed by atoms with E-state index in [1.165, 1.54) is 7.11 Å². The lowest BCUT2D eigenvalue weighted by molar-refractivity contribution is -0.122. The van der Waals surface area contributed by atoms with Gasteiger partial charge in [-0.05, 0) is 49.6 Å². The molecule has 26 heavy (non-hydrogen) atoms. The molecule has 1 saturated carbocycles. The number of anilines is 2. The average Bonchev–Trinajstić information content (AvgIpc) is 3.39. The van der Waals surface area contributed by atoms with E-state index >= 15 is 0 Å². The van der Waals surface area contributed by atoms with Crippen molar-refractivity contribution in [3.8, 4) is 5.75 Å². The Morgan fingerprint density at radius 1 is 1.04 bits per heavy atom. The monoisotopic (exact) mass is 372 g/mol. The molecule has 5 nitrogen and oxygen atoms in total. The number of hydrogen-bond acceptors (Lipinski definition) is 3. The van der Waals surface area contributed by atoms with Crippen LogP contribution < -0.4 is 15.4 Å². The van der Waals surface area contributed by atoms with E-state index in [0.717, 1.165) is 16.8 Å². The van der Waals surface area contributed by atoms with Crippen LogP contribution in [0.1, 0.15) is 17.5 Å². The number of para-hydroxylation sites is 1. The standard InChI is InChI=1S/C20H21ClN2O3/c1-11-5-4-6-12(2)18(11)23-20(25)15-10-14(15)19(24)22-16-9-13(21)7-8-17(16)26-3/h4-9,14-15H,10H2,1-3H3,(H,22,24)(H,23,25). The van der Waals surface area contributed by atoms with Gasteiger partial charge in [-0.3, -0.25) is 9.59 Å². The van der Waals surface area contributed by atoms with Crippen molar-refractivity contribution < 1.29 is 14.3 Å². The minimum absolute atomic E-state index is 0.124. The van der Waals surface area contributed by atoms with Crippen molar-refractivity contribution in [1.82, 2.24) is 0 Å². The highest BCUT2D eigenvalue weighted by Crippen LogP contribution is 2.41. The third-order valence-corrected chi connectivity index (χ3v) is 4.85. The summed E-state index contributed by atoms with van der Waals surface area (Å²) < 4.78 is 5.23. The number of ether oxygens (including phenoxy) is 1. The Bertz CT molecular complexity index is 846. The van der Waals surface area contributed by atoms with Gasteiger partial charge >= 0.3 is 0 Å². The van der Waals surface area contributed by atoms with Crippen LogP contribution in [-0.2, 0) is 9.59 Å². The van der Waals surface area contributed by atoms with Gasteiger partial charge in [-0.1, -0.05) is 29.8 Å². The number of carbonyl (C=O) groups excluding carboxylic acids is 2. The number of aryl methyl sites for hydroxylation is 2. The third-order valence-electron chi connectivity index (χ3n) is 4.61. The molecule has 0 spiro atoms. The fourth-order valence-electron chi connectivity index (χ4n) is 3.01. The maximum atomic E-state index is 12.5. The zero-order valence-corrected chi connectivity index (χ0v) is 15.7. The van der Waals surface area contributed by atoms with Crippen LogP contribution in [0, 0.1) is 25.7 Å². The van der Waals surface area contributed by atoms with E-state index in [0.29, 0.717) is 22.9 Å². The molecule has 0 bridgehead atoms. The summed E-state index contributed by atoms with van der Waals surface area (Å²) in [6.45, 7) is 3.90. The summed E-state index contributed by atoms with van der Waals surface area (Å²) in [6.07, 6.45) is 0.533. The van der Waals surface area contributed by atoms with Crippen LogP contribution in [0.5, 0.6) is 5.75 Å². The lowest BCUT2D eigenvalue weighted by Gasteiger charge is -2.12. The lowest BCUT2D eigenvalue weighted by Crippen LogP contribution is -2.21. The highest BCUT2D eigenvalue weighted by molar-refractivity contribution is 6.31. The van der Waals surface area contributed by atoms with Gasteiger partial charge in [-0.2, -0.15) is 0 Å². The van der Waals surface area contributed by atoms with Crippen LogP contribution in [0.3, 0.4) is 0 Å². The number of rotatable bonds is 5. The first-order valence-electron chi connectivity index (χ1n) is 8.42. The van der Waals surface area contributed by atoms with Crippen LogP contribution in [0.15, 0.2) is 36.4 Å². The summed E-state index contributed by atoms with van der Waals surface area (Å²) in [6, 6.07) is 10.9. The summed E-state index contributed by atoms with van der Waals surface area (Å²) in [5.41, 5.74) is 3.33. The highest BCUT2D eigenvalue weighted by atomic mass is 35.5. The van der Waals surface area contributed by atoms with Crippen LogP contribution in [0.2, 0.25) is 5.02 Å². The van der Waals surface area contributed by atoms with Crippen molar-refractivity contribution in [1.29, 1.82) is 0 Å². The number of carbonyl (C=O) groups is 2. The minimum atomic E-state index is -0.344. The summed E-state index contributed by atoms with van der Waals surface area (Å²) in [7, 11) is 1.52. The molecule has 0 radical (unpaired) electrons. The Hall–Kier alpha value is -2.53. The van der Waals surface area contributed by atoms with Crippen LogP contribution in [-0.4, -0.2) is 18.9 Å². The maximum absolute atomic E-state index is 12.5. The van der Waals surface area contributed by atoms with Crippen LogP contribution >= 0.6 is 11.6 Å². The van der Waals surface area contributed by atoms with Gasteiger partial charge in [0.25, 0.3) is 0 Å². The molecule has 0 aliphatic heterocycles. The van der Waals surface area contributed by atoms with Crippen molar-refractivity contribution in [3.05, 3.63) is 52.5 Å². The minimum Gasteiger partial charge on any atom is -0.495 e. The van der Waals surface area contributed by atoms with Gasteiger partial charge in [0, 0.05) is 10.7 Å². The molecular weight excluding hydrogens is 352 g/mol. The largest absolute Gasteiger partial charge is 0.495 e. The molecule has 2 atom stereocenters. The second-order valence-corrected chi connectivity index (χ2v) is 6.98. The maximum Gasteiger partial charge on any atom is 0.228 e. The summed E-state index contributed by atoms with van der Waals surface area (Å²) in [4.78, 5) is 25.0. The first-order chi connectivity index (χ1) is 12.4. The van der Waals surface area contributed by atoms with E-state index < -0.39 is 0 Å². The molecule has 0 aromatic heterocycles. The fourth-order valence-corrected chi connectivity index (χ4v) is 3.18. The number of hydrogen-bond donors (Lipinski definition) is 2. The molecule has 6 heteroatoms. The van der Waals surface area contributed by atoms with Gasteiger partial charge in [-0.25, -0.2) is 0 Å². The van der Waals surface area contributed by atoms with Crippen LogP contribution in [0.4, 0.5) is 11.4 Å². The Balaban J connectivity index is 1.64. The van der Waals surface area contributed by atoms with E-state index in [4.69, 9.17) is 16.3 Å². The molecule has 1 fully saturated rings. The molecule has 136 valence electrons. The third kappa shape index (κ3) is 3.83. The van der Waals surface area contributed by atoms with Crippen molar-refractivity contribution in [3.63, 3.8) is 0 Å². The molecule has 2 unspecified atom stereocenters. The molecule has 2 amide bonds. The first kappa shape index (κ1) is 18.3. The normalized spacial score (nSPS) is 18.2. The van der Waals surface area contributed by atoms with Gasteiger partial charge in [0.05, 0.1) is 24.6 Å². The van der Waals surface area contributed by atoms with Crippen LogP contribution in [0.25, 0.3) is 0 Å². The number of amides is 2. The highest BCUT2D eigenvalue weighted by Gasteiger charge is 2.48. The molecule has 2 aromatic rings. The van der Waals surface area contributed by atoms with Gasteiger partial charge in [0.15, 0.2) is 0 Å². The topological polar surface area (TPSA) is 67.4 Å². The first-order valence-corrected chi connectivity index (χ1v) is 8.80. The van der Waals surface area contributed by atoms with Crippen molar-refractivity contribution in [2.75, 3.05) is 17.7 Å². The van der Waals surface area contributed by atoms with E-state index in [1.807, 2.05) is 32.0 Å². The van der Waals surface area contributed by atoms with Crippen molar-refractivity contribution >= 4 is 34.8 Å². The number of benzene rings is 2. The molecule has 1 aliphatic carbocycles. The molecule has 0 heterocycles. The zero-order valence-electron chi connectivity index (χ0n) is 14.9. The fraction of sp³-hybridized carbons (Fsp3) is 0.300. The predicted octanol–water partition coefficient (Wildman–Crippen LogP) is 4.18. The second-order valence-electron chi connectivity index (χ2n) is 6.54. The van der Waals surface area contributed by atoms with E-state index in [1.54, 1.807) is 18.2 Å². The summed E-state index contributed by atoms with van der Waals surface area (Å²) >= 11 is 5.98. The average molecular weight is 373 g/mol. The molecule has 1 aliphatic rings. The molecule has 2 N–H and O–H groups in total. The summed E-state index contributed by atoms with van der Waals surface area (Å²) in [5.74, 6) is -0.463. The number of halogens is 1. The Kier molecular flexibility index (Phi) is 5.18. The van der Waals surface area contributed by atoms with E-state index in [9.17, 15) is 9.59 Å². The predicted molar refractivity (Wildman–Crippen MR) is 103 cm³/mol. The Morgan fingerprint density at radius 3 is 2.27 bits per heavy atom. The number of methoxy groups -OCH3 is 1. The quantitative estimate of drug-likeness (QED) is 0.827. The SMILES string of the molecule is COc1ccc(Cl)cc1NC(=O)C1CC1C(=O)Nc1c(C)cccc1C. The molecule has 2 aromatic carbocycles. The Morgan fingerprint density at radius 2 is 1.65 bits per heavy atom. The molecular formula is C20H21ClN2O3. The zero-order chi connectivity index (χ0) is 18.8. The smallest absolute Gasteiger partial charge is 0.228 e. The van der Waals surface area contributed by atoms with E-state index in [-0.39, 0.29) is 23.7 Å². The lowest BCUT2D eigenvalue weighted by atomic mass is 10.1. The van der Waals surface area contributed by atoms with Gasteiger partial charge in [0.1, 0.15) is 5.75 Å². The molecule has 3 rings (SSSR count). The Labute approximate surface area is 157 Å².